The maximum absolute atomic E-state index is 10.2. The molecule has 0 unspecified atom stereocenters. The Balaban J connectivity index is 1.92. The normalized spacial score (nSPS) is 10.9. The van der Waals surface area contributed by atoms with Crippen LogP contribution in [0.2, 0.25) is 10.0 Å². The topological polar surface area (TPSA) is 51.6 Å². The van der Waals surface area contributed by atoms with Gasteiger partial charge < -0.3 is 14.6 Å². The van der Waals surface area contributed by atoms with E-state index >= 15 is 0 Å². The number of rotatable bonds is 6. The number of halogens is 2. The fourth-order valence-electron chi connectivity index (χ4n) is 2.63. The fraction of sp³-hybridized carbons (Fsp3) is 0.136. The molecule has 142 valence electrons. The highest BCUT2D eigenvalue weighted by molar-refractivity contribution is 6.39. The molecule has 0 aliphatic rings. The van der Waals surface area contributed by atoms with E-state index in [0.29, 0.717) is 39.7 Å². The Kier molecular flexibility index (Phi) is 6.30. The van der Waals surface area contributed by atoms with E-state index in [-0.39, 0.29) is 17.4 Å². The molecule has 28 heavy (non-hydrogen) atoms. The van der Waals surface area contributed by atoms with Crippen LogP contribution in [0.25, 0.3) is 23.1 Å². The maximum Gasteiger partial charge on any atom is 0.162 e. The predicted molar refractivity (Wildman–Crippen MR) is 114 cm³/mol. The third kappa shape index (κ3) is 4.33. The smallest absolute Gasteiger partial charge is 0.162 e. The summed E-state index contributed by atoms with van der Waals surface area (Å²) in [4.78, 5) is 4.44. The monoisotopic (exact) mass is 413 g/mol. The van der Waals surface area contributed by atoms with Gasteiger partial charge in [-0.3, -0.25) is 0 Å². The molecule has 1 N–H and O–H groups in total. The van der Waals surface area contributed by atoms with E-state index in [4.69, 9.17) is 39.1 Å². The van der Waals surface area contributed by atoms with Gasteiger partial charge in [-0.15, -0.1) is 6.42 Å². The molecule has 3 rings (SSSR count). The zero-order chi connectivity index (χ0) is 20.1. The van der Waals surface area contributed by atoms with Crippen LogP contribution in [-0.4, -0.2) is 23.3 Å². The highest BCUT2D eigenvalue weighted by Crippen LogP contribution is 2.36. The summed E-state index contributed by atoms with van der Waals surface area (Å²) in [6, 6.07) is 10.7. The first kappa shape index (κ1) is 19.9. The standard InChI is InChI=1S/C22H17Cl2NO3/c1-3-11-28-19-10-6-14(12-20(19)27-4-2)5-7-15-8-9-16-17(23)13-18(24)22(26)21(16)25-15/h1,5-10,12-13,26H,4,11H2,2H3/b7-5+. The summed E-state index contributed by atoms with van der Waals surface area (Å²) in [6.45, 7) is 2.58. The highest BCUT2D eigenvalue weighted by Gasteiger charge is 2.11. The van der Waals surface area contributed by atoms with E-state index < -0.39 is 0 Å². The largest absolute Gasteiger partial charge is 0.504 e. The number of phenolic OH excluding ortho intramolecular Hbond substituents is 1. The van der Waals surface area contributed by atoms with Gasteiger partial charge in [-0.25, -0.2) is 4.98 Å². The van der Waals surface area contributed by atoms with E-state index in [9.17, 15) is 5.11 Å². The first-order valence-corrected chi connectivity index (χ1v) is 9.28. The molecule has 0 spiro atoms. The van der Waals surface area contributed by atoms with Gasteiger partial charge in [0.15, 0.2) is 17.2 Å². The van der Waals surface area contributed by atoms with Crippen molar-refractivity contribution in [2.45, 2.75) is 6.92 Å². The minimum Gasteiger partial charge on any atom is -0.504 e. The van der Waals surface area contributed by atoms with Crippen molar-refractivity contribution >= 4 is 46.3 Å². The van der Waals surface area contributed by atoms with E-state index in [2.05, 4.69) is 10.9 Å². The van der Waals surface area contributed by atoms with E-state index in [1.807, 2.05) is 37.3 Å². The minimum atomic E-state index is -0.0926. The first-order valence-electron chi connectivity index (χ1n) is 8.52. The molecule has 2 aromatic carbocycles. The number of hydrogen-bond acceptors (Lipinski definition) is 4. The summed E-state index contributed by atoms with van der Waals surface area (Å²) in [5.41, 5.74) is 1.89. The average Bonchev–Trinajstić information content (AvgIpc) is 2.70. The molecule has 0 amide bonds. The van der Waals surface area contributed by atoms with E-state index in [1.54, 1.807) is 12.1 Å². The predicted octanol–water partition coefficient (Wildman–Crippen LogP) is 5.83. The zero-order valence-corrected chi connectivity index (χ0v) is 16.6. The van der Waals surface area contributed by atoms with Crippen LogP contribution in [0.5, 0.6) is 17.2 Å². The lowest BCUT2D eigenvalue weighted by molar-refractivity contribution is 0.299. The number of benzene rings is 2. The molecule has 3 aromatic rings. The van der Waals surface area contributed by atoms with Gasteiger partial charge in [0.05, 0.1) is 22.3 Å². The van der Waals surface area contributed by atoms with Crippen LogP contribution in [-0.2, 0) is 0 Å². The molecule has 0 saturated heterocycles. The Bertz CT molecular complexity index is 1090. The third-order valence-corrected chi connectivity index (χ3v) is 4.50. The summed E-state index contributed by atoms with van der Waals surface area (Å²) in [5, 5.41) is 11.4. The second-order valence-electron chi connectivity index (χ2n) is 5.79. The second kappa shape index (κ2) is 8.88. The summed E-state index contributed by atoms with van der Waals surface area (Å²) >= 11 is 12.2. The Morgan fingerprint density at radius 1 is 1.07 bits per heavy atom. The van der Waals surface area contributed by atoms with Crippen LogP contribution in [0, 0.1) is 12.3 Å². The van der Waals surface area contributed by atoms with Gasteiger partial charge in [0.2, 0.25) is 0 Å². The molecular weight excluding hydrogens is 397 g/mol. The van der Waals surface area contributed by atoms with Crippen LogP contribution in [0.4, 0.5) is 0 Å². The van der Waals surface area contributed by atoms with Gasteiger partial charge in [0, 0.05) is 5.39 Å². The Morgan fingerprint density at radius 2 is 1.89 bits per heavy atom. The Labute approximate surface area is 173 Å². The molecule has 0 radical (unpaired) electrons. The van der Waals surface area contributed by atoms with Crippen LogP contribution < -0.4 is 9.47 Å². The quantitative estimate of drug-likeness (QED) is 0.516. The third-order valence-electron chi connectivity index (χ3n) is 3.90. The lowest BCUT2D eigenvalue weighted by Crippen LogP contribution is -1.99. The van der Waals surface area contributed by atoms with Crippen molar-refractivity contribution in [2.24, 2.45) is 0 Å². The number of phenols is 1. The summed E-state index contributed by atoms with van der Waals surface area (Å²) in [6.07, 6.45) is 8.94. The summed E-state index contributed by atoms with van der Waals surface area (Å²) in [7, 11) is 0. The van der Waals surface area contributed by atoms with Crippen LogP contribution >= 0.6 is 23.2 Å². The number of terminal acetylenes is 1. The van der Waals surface area contributed by atoms with Crippen LogP contribution in [0.3, 0.4) is 0 Å². The SMILES string of the molecule is C#CCOc1ccc(/C=C/c2ccc3c(Cl)cc(Cl)c(O)c3n2)cc1OCC. The molecule has 0 saturated carbocycles. The molecule has 1 aromatic heterocycles. The van der Waals surface area contributed by atoms with Crippen LogP contribution in [0.15, 0.2) is 36.4 Å². The molecule has 0 aliphatic carbocycles. The van der Waals surface area contributed by atoms with Crippen molar-refractivity contribution in [1.29, 1.82) is 0 Å². The Morgan fingerprint density at radius 3 is 2.64 bits per heavy atom. The number of aromatic nitrogens is 1. The summed E-state index contributed by atoms with van der Waals surface area (Å²) < 4.78 is 11.1. The molecule has 1 heterocycles. The second-order valence-corrected chi connectivity index (χ2v) is 6.60. The lowest BCUT2D eigenvalue weighted by atomic mass is 10.1. The van der Waals surface area contributed by atoms with Crippen molar-refractivity contribution in [1.82, 2.24) is 4.98 Å². The van der Waals surface area contributed by atoms with Gasteiger partial charge in [0.25, 0.3) is 0 Å². The Hall–Kier alpha value is -2.87. The highest BCUT2D eigenvalue weighted by atomic mass is 35.5. The average molecular weight is 414 g/mol. The lowest BCUT2D eigenvalue weighted by Gasteiger charge is -2.11. The molecule has 6 heteroatoms. The van der Waals surface area contributed by atoms with Gasteiger partial charge in [-0.1, -0.05) is 41.3 Å². The van der Waals surface area contributed by atoms with Crippen molar-refractivity contribution in [3.05, 3.63) is 57.7 Å². The van der Waals surface area contributed by atoms with Gasteiger partial charge in [-0.05, 0) is 48.9 Å². The fourth-order valence-corrected chi connectivity index (χ4v) is 3.14. The zero-order valence-electron chi connectivity index (χ0n) is 15.1. The number of fused-ring (bicyclic) bond motifs is 1. The van der Waals surface area contributed by atoms with E-state index in [1.165, 1.54) is 6.07 Å². The van der Waals surface area contributed by atoms with Crippen LogP contribution in [0.1, 0.15) is 18.2 Å². The molecular formula is C22H17Cl2NO3. The minimum absolute atomic E-state index is 0.0926. The number of ether oxygens (including phenoxy) is 2. The number of pyridine rings is 1. The number of nitrogens with zero attached hydrogens (tertiary/aromatic N) is 1. The maximum atomic E-state index is 10.2. The molecule has 0 fully saturated rings. The molecule has 4 nitrogen and oxygen atoms in total. The first-order chi connectivity index (χ1) is 13.5. The van der Waals surface area contributed by atoms with E-state index in [0.717, 1.165) is 5.56 Å². The van der Waals surface area contributed by atoms with Crippen molar-refractivity contribution in [2.75, 3.05) is 13.2 Å². The molecule has 0 bridgehead atoms. The van der Waals surface area contributed by atoms with Crippen molar-refractivity contribution in [3.8, 4) is 29.6 Å². The van der Waals surface area contributed by atoms with Crippen molar-refractivity contribution in [3.63, 3.8) is 0 Å². The van der Waals surface area contributed by atoms with Crippen molar-refractivity contribution < 1.29 is 14.6 Å². The van der Waals surface area contributed by atoms with Gasteiger partial charge in [-0.2, -0.15) is 0 Å². The number of aromatic hydroxyl groups is 1. The summed E-state index contributed by atoms with van der Waals surface area (Å²) in [5.74, 6) is 3.55. The van der Waals surface area contributed by atoms with Gasteiger partial charge >= 0.3 is 0 Å². The molecule has 0 atom stereocenters. The number of hydrogen-bond donors (Lipinski definition) is 1. The molecule has 0 aliphatic heterocycles. The van der Waals surface area contributed by atoms with Gasteiger partial charge in [0.1, 0.15) is 12.1 Å².